The second-order valence-corrected chi connectivity index (χ2v) is 28.3. The van der Waals surface area contributed by atoms with Crippen molar-refractivity contribution in [3.63, 3.8) is 0 Å². The van der Waals surface area contributed by atoms with Crippen molar-refractivity contribution in [2.45, 2.75) is 188 Å². The molecule has 0 amide bonds. The van der Waals surface area contributed by atoms with Crippen molar-refractivity contribution in [2.24, 2.45) is 17.3 Å². The van der Waals surface area contributed by atoms with Gasteiger partial charge in [-0.1, -0.05) is 51.5 Å². The minimum atomic E-state index is -2.56. The second-order valence-electron chi connectivity index (χ2n) is 22.3. The summed E-state index contributed by atoms with van der Waals surface area (Å²) in [5.74, 6) is -6.39. The first-order chi connectivity index (χ1) is 37.4. The highest BCUT2D eigenvalue weighted by molar-refractivity contribution is 7.18. The number of benzene rings is 2. The van der Waals surface area contributed by atoms with Crippen molar-refractivity contribution in [1.82, 2.24) is 4.98 Å². The third-order valence-electron chi connectivity index (χ3n) is 14.7. The van der Waals surface area contributed by atoms with Crippen LogP contribution < -0.4 is 4.74 Å². The average molecular weight is 1150 g/mol. The summed E-state index contributed by atoms with van der Waals surface area (Å²) in [6.07, 6.45) is -7.55. The van der Waals surface area contributed by atoms with E-state index < -0.39 is 128 Å². The van der Waals surface area contributed by atoms with Crippen LogP contribution in [0.25, 0.3) is 10.2 Å². The molecule has 1 fully saturated rings. The van der Waals surface area contributed by atoms with Crippen LogP contribution >= 0.6 is 11.3 Å². The predicted molar refractivity (Wildman–Crippen MR) is 294 cm³/mol. The molecule has 5 rings (SSSR count). The zero-order valence-electron chi connectivity index (χ0n) is 48.1. The van der Waals surface area contributed by atoms with Gasteiger partial charge in [0.1, 0.15) is 30.3 Å². The number of esters is 5. The summed E-state index contributed by atoms with van der Waals surface area (Å²) in [5, 5.41) is 12.8. The van der Waals surface area contributed by atoms with Gasteiger partial charge in [0.2, 0.25) is 12.4 Å². The van der Waals surface area contributed by atoms with E-state index in [9.17, 15) is 38.9 Å². The van der Waals surface area contributed by atoms with Crippen LogP contribution in [0.15, 0.2) is 60.7 Å². The minimum Gasteiger partial charge on any atom is -0.467 e. The lowest BCUT2D eigenvalue weighted by Crippen LogP contribution is -2.64. The fraction of sp³-hybridized carbons (Fsp3) is 0.579. The molecule has 23 heteroatoms. The Morgan fingerprint density at radius 1 is 0.938 bits per heavy atom. The van der Waals surface area contributed by atoms with Gasteiger partial charge in [-0.25, -0.2) is 14.6 Å². The van der Waals surface area contributed by atoms with Crippen molar-refractivity contribution in [1.29, 1.82) is 0 Å². The molecular weight excluding hydrogens is 1080 g/mol. The molecule has 2 aliphatic heterocycles. The SMILES string of the molecule is C=CC[C@H]1C(=O)C(C)(C)[C@@H](OC(=O)OCc2cc([N+](=O)[O-])ccc2O[C@@H]2O[C@H](C(=O)OC)[C@@H](OC(C)=O)[C@H](OC(C)=O)[C@H]2OC(C)=O)CC(=O)O[C@H](c2ccc3sc(C)nc3c2)C/C=C(/C)CCC[C@H](C)[C@@H]1O[Si](C)(C)C(C)(C)C. The maximum atomic E-state index is 15.5. The lowest BCUT2D eigenvalue weighted by atomic mass is 9.71. The molecule has 1 aromatic heterocycles. The summed E-state index contributed by atoms with van der Waals surface area (Å²) >= 11 is 1.53. The summed E-state index contributed by atoms with van der Waals surface area (Å²) in [6.45, 7) is 25.9. The number of methoxy groups -OCH3 is 1. The van der Waals surface area contributed by atoms with E-state index in [1.807, 2.05) is 38.1 Å². The zero-order valence-corrected chi connectivity index (χ0v) is 49.9. The number of hydrogen-bond acceptors (Lipinski definition) is 21. The number of ketones is 1. The van der Waals surface area contributed by atoms with Crippen LogP contribution in [0.5, 0.6) is 5.75 Å². The number of aryl methyl sites for hydroxylation is 1. The fourth-order valence-corrected chi connectivity index (χ4v) is 11.6. The van der Waals surface area contributed by atoms with Gasteiger partial charge in [0.25, 0.3) is 5.69 Å². The maximum absolute atomic E-state index is 15.5. The number of rotatable bonds is 15. The Labute approximate surface area is 471 Å². The smallest absolute Gasteiger partial charge is 0.467 e. The Morgan fingerprint density at radius 3 is 2.20 bits per heavy atom. The van der Waals surface area contributed by atoms with Crippen LogP contribution in [0.4, 0.5) is 10.5 Å². The predicted octanol–water partition coefficient (Wildman–Crippen LogP) is 10.6. The number of carbonyl (C=O) groups is 7. The summed E-state index contributed by atoms with van der Waals surface area (Å²) in [6, 6.07) is 8.80. The molecule has 0 unspecified atom stereocenters. The van der Waals surface area contributed by atoms with Crippen molar-refractivity contribution in [2.75, 3.05) is 7.11 Å². The first-order valence-electron chi connectivity index (χ1n) is 26.4. The first-order valence-corrected chi connectivity index (χ1v) is 30.2. The van der Waals surface area contributed by atoms with Gasteiger partial charge in [-0.15, -0.1) is 17.9 Å². The highest BCUT2D eigenvalue weighted by Gasteiger charge is 2.56. The zero-order chi connectivity index (χ0) is 59.6. The Balaban J connectivity index is 1.57. The molecule has 2 aliphatic rings. The summed E-state index contributed by atoms with van der Waals surface area (Å²) in [5.41, 5.74) is 0.136. The third kappa shape index (κ3) is 16.5. The number of thiazole rings is 1. The summed E-state index contributed by atoms with van der Waals surface area (Å²) < 4.78 is 59.3. The van der Waals surface area contributed by atoms with Crippen LogP contribution in [0.3, 0.4) is 0 Å². The van der Waals surface area contributed by atoms with Gasteiger partial charge in [-0.2, -0.15) is 0 Å². The van der Waals surface area contributed by atoms with Crippen molar-refractivity contribution < 1.29 is 85.5 Å². The Morgan fingerprint density at radius 2 is 1.59 bits per heavy atom. The molecule has 80 heavy (non-hydrogen) atoms. The van der Waals surface area contributed by atoms with Crippen molar-refractivity contribution in [3.05, 3.63) is 87.0 Å². The minimum absolute atomic E-state index is 0.131. The van der Waals surface area contributed by atoms with Gasteiger partial charge in [0.05, 0.1) is 45.2 Å². The normalized spacial score (nSPS) is 25.9. The maximum Gasteiger partial charge on any atom is 0.508 e. The van der Waals surface area contributed by atoms with Gasteiger partial charge in [0.15, 0.2) is 26.6 Å². The van der Waals surface area contributed by atoms with E-state index in [0.717, 1.165) is 79.7 Å². The molecule has 438 valence electrons. The molecule has 3 aromatic rings. The Bertz CT molecular complexity index is 2820. The second kappa shape index (κ2) is 27.3. The third-order valence-corrected chi connectivity index (χ3v) is 20.2. The van der Waals surface area contributed by atoms with Crippen molar-refractivity contribution >= 4 is 77.3 Å². The number of allylic oxidation sites excluding steroid dienone is 2. The molecule has 0 N–H and O–H groups in total. The van der Waals surface area contributed by atoms with E-state index in [-0.39, 0.29) is 34.5 Å². The number of ether oxygens (including phenoxy) is 9. The van der Waals surface area contributed by atoms with Crippen LogP contribution in [0.2, 0.25) is 18.1 Å². The molecule has 10 atom stereocenters. The molecule has 0 bridgehead atoms. The molecule has 21 nitrogen and oxygen atoms in total. The molecular formula is C57H76N2O19SSi. The van der Waals surface area contributed by atoms with Crippen LogP contribution in [-0.4, -0.2) is 110 Å². The number of nitro groups is 1. The lowest BCUT2D eigenvalue weighted by molar-refractivity contribution is -0.385. The lowest BCUT2D eigenvalue weighted by Gasteiger charge is -2.45. The van der Waals surface area contributed by atoms with Crippen molar-refractivity contribution in [3.8, 4) is 5.75 Å². The number of hydrogen-bond donors (Lipinski definition) is 0. The van der Waals surface area contributed by atoms with Gasteiger partial charge in [0, 0.05) is 50.8 Å². The highest BCUT2D eigenvalue weighted by atomic mass is 32.1. The monoisotopic (exact) mass is 1150 g/mol. The molecule has 0 saturated carbocycles. The topological polar surface area (TPSA) is 268 Å². The number of fused-ring (bicyclic) bond motifs is 1. The van der Waals surface area contributed by atoms with Crippen LogP contribution in [-0.2, 0) is 77.7 Å². The molecule has 3 heterocycles. The molecule has 0 aliphatic carbocycles. The standard InChI is InChI=1S/C57H76N2O19SSi/c1-16-18-40-47(78-80(14,15)56(8,9)10)32(3)20-17-19-31(2)21-24-42(37-22-26-44-41(28-37)58-33(4)79-44)74-46(63)29-45(57(11,12)52(40)64)76-55(66)70-30-38-27-39(59(67)68)23-25-43(38)75-54-51(73-36(7)62)49(72-35(6)61)48(71-34(5)60)50(77-54)53(65)69-13/h16,21-23,25-28,32,40,42,45,47-51,54H,1,17-20,24,29-30H2,2-15H3/b31-21-/t32-,40+,42-,45-,47-,48-,49-,50-,51+,54+/m0/s1. The average Bonchev–Trinajstić information content (AvgIpc) is 3.91. The highest BCUT2D eigenvalue weighted by Crippen LogP contribution is 2.44. The molecule has 0 spiro atoms. The first kappa shape index (κ1) is 64.3. The van der Waals surface area contributed by atoms with Gasteiger partial charge in [-0.3, -0.25) is 34.1 Å². The van der Waals surface area contributed by atoms with E-state index in [0.29, 0.717) is 18.4 Å². The van der Waals surface area contributed by atoms with Crippen LogP contribution in [0.1, 0.15) is 130 Å². The number of Topliss-reactive ketones (excluding diaryl/α,β-unsaturated/α-hetero) is 1. The van der Waals surface area contributed by atoms with E-state index in [1.165, 1.54) is 11.3 Å². The van der Waals surface area contributed by atoms with Crippen LogP contribution in [0, 0.1) is 34.3 Å². The van der Waals surface area contributed by atoms with E-state index >= 15 is 4.79 Å². The van der Waals surface area contributed by atoms with Gasteiger partial charge >= 0.3 is 36.0 Å². The summed E-state index contributed by atoms with van der Waals surface area (Å²) in [4.78, 5) is 111. The van der Waals surface area contributed by atoms with Gasteiger partial charge in [-0.05, 0) is 101 Å². The number of nitro benzene ring substituents is 1. The Hall–Kier alpha value is -6.56. The number of aromatic nitrogens is 1. The summed E-state index contributed by atoms with van der Waals surface area (Å²) in [7, 11) is -1.56. The van der Waals surface area contributed by atoms with E-state index in [4.69, 9.17) is 47.1 Å². The van der Waals surface area contributed by atoms with Gasteiger partial charge < -0.3 is 47.1 Å². The number of carbonyl (C=O) groups excluding carboxylic acids is 7. The Kier molecular flexibility index (Phi) is 21.9. The molecule has 2 aromatic carbocycles. The number of cyclic esters (lactones) is 1. The number of nitrogens with zero attached hydrogens (tertiary/aromatic N) is 2. The quantitative estimate of drug-likeness (QED) is 0.0342. The molecule has 1 saturated heterocycles. The number of non-ortho nitro benzene ring substituents is 1. The largest absolute Gasteiger partial charge is 0.508 e. The van der Waals surface area contributed by atoms with E-state index in [1.54, 1.807) is 19.9 Å². The molecule has 0 radical (unpaired) electrons. The fourth-order valence-electron chi connectivity index (χ4n) is 9.40. The van der Waals surface area contributed by atoms with E-state index in [2.05, 4.69) is 52.4 Å².